The molecular formula is C10H18N4O. The van der Waals surface area contributed by atoms with E-state index < -0.39 is 0 Å². The second kappa shape index (κ2) is 5.50. The predicted octanol–water partition coefficient (Wildman–Crippen LogP) is 0.767. The Morgan fingerprint density at radius 1 is 1.40 bits per heavy atom. The molecule has 84 valence electrons. The van der Waals surface area contributed by atoms with Crippen molar-refractivity contribution in [2.45, 2.75) is 6.92 Å². The number of likely N-dealkylation sites (N-methyl/N-ethyl adjacent to an activating group) is 1. The van der Waals surface area contributed by atoms with Crippen molar-refractivity contribution in [2.75, 3.05) is 39.6 Å². The van der Waals surface area contributed by atoms with Gasteiger partial charge in [0.15, 0.2) is 0 Å². The van der Waals surface area contributed by atoms with E-state index in [9.17, 15) is 0 Å². The summed E-state index contributed by atoms with van der Waals surface area (Å²) in [6.07, 6.45) is 0. The molecule has 0 aliphatic heterocycles. The van der Waals surface area contributed by atoms with Gasteiger partial charge in [0.1, 0.15) is 11.6 Å². The fourth-order valence-corrected chi connectivity index (χ4v) is 1.14. The van der Waals surface area contributed by atoms with Crippen LogP contribution in [0.15, 0.2) is 6.07 Å². The lowest BCUT2D eigenvalue weighted by molar-refractivity contribution is 0.395. The van der Waals surface area contributed by atoms with Crippen LogP contribution < -0.4 is 10.1 Å². The summed E-state index contributed by atoms with van der Waals surface area (Å²) < 4.78 is 5.06. The molecule has 0 amide bonds. The first kappa shape index (κ1) is 11.7. The number of hydrogen-bond donors (Lipinski definition) is 1. The number of ether oxygens (including phenoxy) is 1. The van der Waals surface area contributed by atoms with Crippen LogP contribution in [0.5, 0.6) is 5.88 Å². The summed E-state index contributed by atoms with van der Waals surface area (Å²) in [6.45, 7) is 3.66. The standard InChI is InChI=1S/C10H18N4O/c1-8-12-9(7-10(13-8)15-4)11-5-6-14(2)3/h7H,5-6H2,1-4H3,(H,11,12,13). The highest BCUT2D eigenvalue weighted by Gasteiger charge is 2.00. The Morgan fingerprint density at radius 2 is 2.13 bits per heavy atom. The third kappa shape index (κ3) is 4.12. The molecule has 1 rings (SSSR count). The molecular weight excluding hydrogens is 192 g/mol. The third-order valence-electron chi connectivity index (χ3n) is 1.89. The van der Waals surface area contributed by atoms with E-state index in [1.165, 1.54) is 0 Å². The fourth-order valence-electron chi connectivity index (χ4n) is 1.14. The average molecular weight is 210 g/mol. The van der Waals surface area contributed by atoms with Crippen LogP contribution >= 0.6 is 0 Å². The normalized spacial score (nSPS) is 10.5. The molecule has 5 nitrogen and oxygen atoms in total. The average Bonchev–Trinajstić information content (AvgIpc) is 2.16. The summed E-state index contributed by atoms with van der Waals surface area (Å²) in [5.41, 5.74) is 0. The quantitative estimate of drug-likeness (QED) is 0.778. The van der Waals surface area contributed by atoms with Crippen molar-refractivity contribution in [2.24, 2.45) is 0 Å². The van der Waals surface area contributed by atoms with E-state index in [0.29, 0.717) is 11.7 Å². The molecule has 15 heavy (non-hydrogen) atoms. The molecule has 0 radical (unpaired) electrons. The Labute approximate surface area is 90.5 Å². The Morgan fingerprint density at radius 3 is 2.73 bits per heavy atom. The van der Waals surface area contributed by atoms with Crippen molar-refractivity contribution < 1.29 is 4.74 Å². The van der Waals surface area contributed by atoms with Gasteiger partial charge in [-0.15, -0.1) is 0 Å². The van der Waals surface area contributed by atoms with Gasteiger partial charge in [0, 0.05) is 19.2 Å². The summed E-state index contributed by atoms with van der Waals surface area (Å²) >= 11 is 0. The lowest BCUT2D eigenvalue weighted by Gasteiger charge is -2.11. The van der Waals surface area contributed by atoms with Crippen LogP contribution in [0, 0.1) is 6.92 Å². The second-order valence-corrected chi connectivity index (χ2v) is 3.57. The first-order valence-corrected chi connectivity index (χ1v) is 4.90. The van der Waals surface area contributed by atoms with Crippen LogP contribution in [0.3, 0.4) is 0 Å². The number of rotatable bonds is 5. The smallest absolute Gasteiger partial charge is 0.218 e. The molecule has 0 bridgehead atoms. The Bertz CT molecular complexity index is 314. The van der Waals surface area contributed by atoms with Gasteiger partial charge in [-0.2, -0.15) is 4.98 Å². The van der Waals surface area contributed by atoms with E-state index in [1.807, 2.05) is 21.0 Å². The van der Waals surface area contributed by atoms with Gasteiger partial charge in [-0.05, 0) is 21.0 Å². The number of hydrogen-bond acceptors (Lipinski definition) is 5. The Balaban J connectivity index is 2.56. The van der Waals surface area contributed by atoms with Crippen LogP contribution in [0.4, 0.5) is 5.82 Å². The monoisotopic (exact) mass is 210 g/mol. The largest absolute Gasteiger partial charge is 0.481 e. The topological polar surface area (TPSA) is 50.3 Å². The summed E-state index contributed by atoms with van der Waals surface area (Å²) in [6, 6.07) is 1.79. The molecule has 0 aromatic carbocycles. The second-order valence-electron chi connectivity index (χ2n) is 3.57. The number of aryl methyl sites for hydroxylation is 1. The molecule has 0 atom stereocenters. The van der Waals surface area contributed by atoms with Gasteiger partial charge >= 0.3 is 0 Å². The van der Waals surface area contributed by atoms with Gasteiger partial charge < -0.3 is 15.0 Å². The van der Waals surface area contributed by atoms with Crippen molar-refractivity contribution >= 4 is 5.82 Å². The molecule has 1 aromatic rings. The van der Waals surface area contributed by atoms with E-state index in [-0.39, 0.29) is 0 Å². The summed E-state index contributed by atoms with van der Waals surface area (Å²) in [7, 11) is 5.67. The number of methoxy groups -OCH3 is 1. The highest BCUT2D eigenvalue weighted by molar-refractivity contribution is 5.38. The Hall–Kier alpha value is -1.36. The number of nitrogens with one attached hydrogen (secondary N) is 1. The van der Waals surface area contributed by atoms with E-state index in [1.54, 1.807) is 13.2 Å². The van der Waals surface area contributed by atoms with Crippen LogP contribution in [0.2, 0.25) is 0 Å². The fraction of sp³-hybridized carbons (Fsp3) is 0.600. The maximum absolute atomic E-state index is 5.06. The molecule has 0 saturated carbocycles. The van der Waals surface area contributed by atoms with Gasteiger partial charge in [-0.1, -0.05) is 0 Å². The molecule has 0 fully saturated rings. The summed E-state index contributed by atoms with van der Waals surface area (Å²) in [4.78, 5) is 10.5. The first-order chi connectivity index (χ1) is 7.11. The third-order valence-corrected chi connectivity index (χ3v) is 1.89. The molecule has 1 heterocycles. The molecule has 5 heteroatoms. The number of aromatic nitrogens is 2. The van der Waals surface area contributed by atoms with Crippen LogP contribution in [-0.4, -0.2) is 49.2 Å². The van der Waals surface area contributed by atoms with Gasteiger partial charge in [0.25, 0.3) is 0 Å². The van der Waals surface area contributed by atoms with Crippen LogP contribution in [0.1, 0.15) is 5.82 Å². The Kier molecular flexibility index (Phi) is 4.30. The zero-order valence-corrected chi connectivity index (χ0v) is 9.74. The highest BCUT2D eigenvalue weighted by atomic mass is 16.5. The first-order valence-electron chi connectivity index (χ1n) is 4.90. The zero-order valence-electron chi connectivity index (χ0n) is 9.74. The van der Waals surface area contributed by atoms with Crippen molar-refractivity contribution in [3.05, 3.63) is 11.9 Å². The van der Waals surface area contributed by atoms with Gasteiger partial charge in [-0.3, -0.25) is 0 Å². The molecule has 0 aliphatic rings. The van der Waals surface area contributed by atoms with Gasteiger partial charge in [0.05, 0.1) is 7.11 Å². The SMILES string of the molecule is COc1cc(NCCN(C)C)nc(C)n1. The lowest BCUT2D eigenvalue weighted by atomic mass is 10.5. The predicted molar refractivity (Wildman–Crippen MR) is 60.4 cm³/mol. The summed E-state index contributed by atoms with van der Waals surface area (Å²) in [5.74, 6) is 2.11. The van der Waals surface area contributed by atoms with E-state index in [0.717, 1.165) is 18.9 Å². The van der Waals surface area contributed by atoms with Crippen molar-refractivity contribution in [3.63, 3.8) is 0 Å². The molecule has 0 saturated heterocycles. The zero-order chi connectivity index (χ0) is 11.3. The number of anilines is 1. The number of nitrogens with zero attached hydrogens (tertiary/aromatic N) is 3. The maximum Gasteiger partial charge on any atom is 0.218 e. The van der Waals surface area contributed by atoms with Crippen LogP contribution in [0.25, 0.3) is 0 Å². The van der Waals surface area contributed by atoms with Gasteiger partial charge in [-0.25, -0.2) is 4.98 Å². The van der Waals surface area contributed by atoms with E-state index in [4.69, 9.17) is 4.74 Å². The molecule has 1 aromatic heterocycles. The highest BCUT2D eigenvalue weighted by Crippen LogP contribution is 2.11. The minimum Gasteiger partial charge on any atom is -0.481 e. The van der Waals surface area contributed by atoms with E-state index in [2.05, 4.69) is 20.2 Å². The minimum absolute atomic E-state index is 0.592. The van der Waals surface area contributed by atoms with E-state index >= 15 is 0 Å². The molecule has 0 unspecified atom stereocenters. The van der Waals surface area contributed by atoms with Crippen molar-refractivity contribution in [1.29, 1.82) is 0 Å². The molecule has 0 aliphatic carbocycles. The van der Waals surface area contributed by atoms with Gasteiger partial charge in [0.2, 0.25) is 5.88 Å². The van der Waals surface area contributed by atoms with Crippen LogP contribution in [-0.2, 0) is 0 Å². The summed E-state index contributed by atoms with van der Waals surface area (Å²) in [5, 5.41) is 3.22. The van der Waals surface area contributed by atoms with Crippen molar-refractivity contribution in [1.82, 2.24) is 14.9 Å². The maximum atomic E-state index is 5.06. The van der Waals surface area contributed by atoms with Crippen molar-refractivity contribution in [3.8, 4) is 5.88 Å². The lowest BCUT2D eigenvalue weighted by Crippen LogP contribution is -2.21. The molecule has 0 spiro atoms. The molecule has 1 N–H and O–H groups in total. The minimum atomic E-state index is 0.592.